The summed E-state index contributed by atoms with van der Waals surface area (Å²) in [5, 5.41) is 112. The smallest absolute Gasteiger partial charge is 0.229 e. The van der Waals surface area contributed by atoms with Crippen LogP contribution in [-0.2, 0) is 9.47 Å². The molecule has 15 nitrogen and oxygen atoms in total. The van der Waals surface area contributed by atoms with Gasteiger partial charge in [-0.05, 0) is 24.3 Å². The van der Waals surface area contributed by atoms with Crippen molar-refractivity contribution in [2.45, 2.75) is 61.2 Å². The van der Waals surface area contributed by atoms with Crippen LogP contribution in [0.1, 0.15) is 27.6 Å². The Bertz CT molecular complexity index is 1200. The second-order valence-corrected chi connectivity index (χ2v) is 9.47. The number of aliphatic hydroxyl groups excluding tert-OH is 8. The number of aromatic hydroxyl groups is 3. The first kappa shape index (κ1) is 29.9. The zero-order valence-electron chi connectivity index (χ0n) is 20.6. The Morgan fingerprint density at radius 1 is 0.750 bits per heavy atom. The summed E-state index contributed by atoms with van der Waals surface area (Å²) in [7, 11) is 0. The maximum atomic E-state index is 13.2. The third kappa shape index (κ3) is 5.31. The van der Waals surface area contributed by atoms with E-state index >= 15 is 0 Å². The van der Waals surface area contributed by atoms with Crippen molar-refractivity contribution in [1.82, 2.24) is 0 Å². The Morgan fingerprint density at radius 3 is 1.88 bits per heavy atom. The second-order valence-electron chi connectivity index (χ2n) is 9.47. The number of carbonyl (C=O) groups is 1. The van der Waals surface area contributed by atoms with E-state index in [9.17, 15) is 61.0 Å². The van der Waals surface area contributed by atoms with Crippen LogP contribution in [0.2, 0.25) is 0 Å². The Morgan fingerprint density at radius 2 is 1.30 bits per heavy atom. The molecule has 0 radical (unpaired) electrons. The van der Waals surface area contributed by atoms with Crippen LogP contribution in [0.15, 0.2) is 30.3 Å². The van der Waals surface area contributed by atoms with Crippen LogP contribution in [0.3, 0.4) is 0 Å². The second kappa shape index (κ2) is 11.8. The molecule has 0 spiro atoms. The fourth-order valence-electron chi connectivity index (χ4n) is 4.63. The van der Waals surface area contributed by atoms with E-state index in [1.54, 1.807) is 0 Å². The molecular formula is C25H30O15. The number of benzene rings is 2. The Kier molecular flexibility index (Phi) is 8.81. The predicted molar refractivity (Wildman–Crippen MR) is 128 cm³/mol. The van der Waals surface area contributed by atoms with Crippen LogP contribution in [0.25, 0.3) is 0 Å². The molecule has 2 heterocycles. The fraction of sp³-hybridized carbons (Fsp3) is 0.480. The van der Waals surface area contributed by atoms with Crippen LogP contribution < -0.4 is 4.74 Å². The van der Waals surface area contributed by atoms with Crippen molar-refractivity contribution < 1.29 is 75.2 Å². The van der Waals surface area contributed by atoms with Gasteiger partial charge in [0.2, 0.25) is 12.1 Å². The average molecular weight is 571 g/mol. The number of carbonyl (C=O) groups excluding carboxylic acids is 1. The van der Waals surface area contributed by atoms with Crippen LogP contribution >= 0.6 is 0 Å². The van der Waals surface area contributed by atoms with Crippen molar-refractivity contribution in [2.24, 2.45) is 0 Å². The Labute approximate surface area is 225 Å². The lowest BCUT2D eigenvalue weighted by Gasteiger charge is -2.42. The van der Waals surface area contributed by atoms with Crippen molar-refractivity contribution in [1.29, 1.82) is 0 Å². The number of rotatable bonds is 7. The van der Waals surface area contributed by atoms with Crippen molar-refractivity contribution in [3.05, 3.63) is 47.0 Å². The van der Waals surface area contributed by atoms with Gasteiger partial charge in [0.1, 0.15) is 83.5 Å². The number of ketones is 1. The van der Waals surface area contributed by atoms with Gasteiger partial charge in [-0.1, -0.05) is 0 Å². The van der Waals surface area contributed by atoms with Crippen LogP contribution in [0.4, 0.5) is 0 Å². The van der Waals surface area contributed by atoms with Gasteiger partial charge in [-0.15, -0.1) is 0 Å². The van der Waals surface area contributed by atoms with Gasteiger partial charge in [0.15, 0.2) is 0 Å². The van der Waals surface area contributed by atoms with Crippen LogP contribution in [-0.4, -0.2) is 130 Å². The zero-order chi connectivity index (χ0) is 29.5. The third-order valence-electron chi connectivity index (χ3n) is 6.91. The lowest BCUT2D eigenvalue weighted by molar-refractivity contribution is -0.278. The molecule has 0 bridgehead atoms. The van der Waals surface area contributed by atoms with Crippen molar-refractivity contribution in [3.8, 4) is 23.0 Å². The molecule has 15 heteroatoms. The van der Waals surface area contributed by atoms with Crippen LogP contribution in [0.5, 0.6) is 23.0 Å². The Hall–Kier alpha value is -3.09. The molecule has 0 aliphatic carbocycles. The van der Waals surface area contributed by atoms with E-state index in [0.29, 0.717) is 0 Å². The SMILES string of the molecule is O=C(c1ccc(O)cc1)c1c(O)cc(O[C@@H]2O[C@H](CO)[C@@H](O)[C@H](O)[C@H]2O)c([C@@H]2O[C@H](CO)[C@@H](O)[C@H](O)[C@H]2O)c1O. The molecule has 40 heavy (non-hydrogen) atoms. The summed E-state index contributed by atoms with van der Waals surface area (Å²) in [6, 6.07) is 5.53. The number of ether oxygens (including phenoxy) is 3. The fourth-order valence-corrected chi connectivity index (χ4v) is 4.63. The molecule has 0 unspecified atom stereocenters. The van der Waals surface area contributed by atoms with Gasteiger partial charge in [0.05, 0.1) is 18.8 Å². The third-order valence-corrected chi connectivity index (χ3v) is 6.91. The van der Waals surface area contributed by atoms with Gasteiger partial charge in [-0.2, -0.15) is 0 Å². The summed E-state index contributed by atoms with van der Waals surface area (Å²) in [5.74, 6) is -3.63. The molecule has 2 aromatic rings. The quantitative estimate of drug-likeness (QED) is 0.146. The first-order chi connectivity index (χ1) is 18.9. The number of aliphatic hydroxyl groups is 8. The first-order valence-corrected chi connectivity index (χ1v) is 12.1. The molecule has 2 aliphatic rings. The molecule has 0 aromatic heterocycles. The van der Waals surface area contributed by atoms with Crippen molar-refractivity contribution >= 4 is 5.78 Å². The van der Waals surface area contributed by atoms with E-state index in [4.69, 9.17) is 14.2 Å². The highest BCUT2D eigenvalue weighted by Crippen LogP contribution is 2.47. The minimum absolute atomic E-state index is 0.0919. The molecular weight excluding hydrogens is 540 g/mol. The molecule has 10 atom stereocenters. The average Bonchev–Trinajstić information content (AvgIpc) is 2.93. The van der Waals surface area contributed by atoms with Gasteiger partial charge in [-0.25, -0.2) is 0 Å². The van der Waals surface area contributed by atoms with Gasteiger partial charge in [0.25, 0.3) is 0 Å². The molecule has 2 fully saturated rings. The summed E-state index contributed by atoms with van der Waals surface area (Å²) in [6.07, 6.45) is -17.8. The highest BCUT2D eigenvalue weighted by Gasteiger charge is 2.48. The van der Waals surface area contributed by atoms with E-state index in [1.807, 2.05) is 0 Å². The number of hydrogen-bond donors (Lipinski definition) is 11. The standard InChI is InChI=1S/C25H30O15/c26-6-12-17(31)20(34)22(36)24(38-12)15-11(39-25-23(37)21(35)18(32)13(7-27)40-25)5-10(29)14(19(15)33)16(30)8-1-3-9(28)4-2-8/h1-5,12-13,17-18,20-29,31-37H,6-7H2/t12-,13-,17-,18-,20+,21+,22-,23-,24+,25-/m1/s1. The molecule has 2 aliphatic heterocycles. The predicted octanol–water partition coefficient (Wildman–Crippen LogP) is -3.27. The maximum Gasteiger partial charge on any atom is 0.229 e. The summed E-state index contributed by atoms with van der Waals surface area (Å²) in [4.78, 5) is 13.2. The van der Waals surface area contributed by atoms with E-state index in [2.05, 4.69) is 0 Å². The highest BCUT2D eigenvalue weighted by atomic mass is 16.7. The number of hydrogen-bond acceptors (Lipinski definition) is 15. The summed E-state index contributed by atoms with van der Waals surface area (Å²) in [6.45, 7) is -1.65. The van der Waals surface area contributed by atoms with Crippen molar-refractivity contribution in [3.63, 3.8) is 0 Å². The summed E-state index contributed by atoms with van der Waals surface area (Å²) >= 11 is 0. The normalized spacial score (nSPS) is 34.4. The zero-order valence-corrected chi connectivity index (χ0v) is 20.6. The van der Waals surface area contributed by atoms with Crippen LogP contribution in [0, 0.1) is 0 Å². The van der Waals surface area contributed by atoms with Gasteiger partial charge in [0, 0.05) is 11.6 Å². The monoisotopic (exact) mass is 570 g/mol. The van der Waals surface area contributed by atoms with E-state index in [1.165, 1.54) is 24.3 Å². The molecule has 220 valence electrons. The summed E-state index contributed by atoms with van der Waals surface area (Å²) in [5.41, 5.74) is -1.40. The van der Waals surface area contributed by atoms with E-state index in [-0.39, 0.29) is 11.3 Å². The number of phenols is 3. The topological polar surface area (TPSA) is 267 Å². The Balaban J connectivity index is 1.84. The maximum absolute atomic E-state index is 13.2. The molecule has 2 aromatic carbocycles. The number of phenolic OH excluding ortho intramolecular Hbond substituents is 3. The summed E-state index contributed by atoms with van der Waals surface area (Å²) < 4.78 is 16.4. The van der Waals surface area contributed by atoms with Gasteiger partial charge < -0.3 is 70.4 Å². The minimum Gasteiger partial charge on any atom is -0.508 e. The van der Waals surface area contributed by atoms with E-state index in [0.717, 1.165) is 6.07 Å². The largest absolute Gasteiger partial charge is 0.508 e. The van der Waals surface area contributed by atoms with Crippen molar-refractivity contribution in [2.75, 3.05) is 13.2 Å². The lowest BCUT2D eigenvalue weighted by atomic mass is 9.88. The van der Waals surface area contributed by atoms with Gasteiger partial charge in [-0.3, -0.25) is 4.79 Å². The lowest BCUT2D eigenvalue weighted by Crippen LogP contribution is -2.60. The molecule has 11 N–H and O–H groups in total. The van der Waals surface area contributed by atoms with Gasteiger partial charge >= 0.3 is 0 Å². The van der Waals surface area contributed by atoms with E-state index < -0.39 is 109 Å². The highest BCUT2D eigenvalue weighted by molar-refractivity contribution is 6.13. The molecule has 0 amide bonds. The molecule has 4 rings (SSSR count). The molecule has 2 saturated heterocycles. The minimum atomic E-state index is -2.00. The first-order valence-electron chi connectivity index (χ1n) is 12.1. The molecule has 0 saturated carbocycles.